The van der Waals surface area contributed by atoms with Gasteiger partial charge in [0.15, 0.2) is 0 Å². The zero-order chi connectivity index (χ0) is 11.9. The first-order valence-corrected chi connectivity index (χ1v) is 6.05. The number of benzene rings is 1. The van der Waals surface area contributed by atoms with E-state index in [1.165, 1.54) is 5.56 Å². The topological polar surface area (TPSA) is 38.9 Å². The Hall–Kier alpha value is -1.67. The van der Waals surface area contributed by atoms with Crippen molar-refractivity contribution >= 4 is 0 Å². The molecule has 0 fully saturated rings. The number of pyridine rings is 1. The second-order valence-electron chi connectivity index (χ2n) is 4.20. The van der Waals surface area contributed by atoms with Gasteiger partial charge in [0.2, 0.25) is 0 Å². The summed E-state index contributed by atoms with van der Waals surface area (Å²) in [6.45, 7) is 0.691. The fourth-order valence-electron chi connectivity index (χ4n) is 2.01. The predicted octanol–water partition coefficient (Wildman–Crippen LogP) is 2.76. The first kappa shape index (κ1) is 11.8. The number of hydrogen-bond donors (Lipinski definition) is 1. The molecule has 0 aliphatic carbocycles. The zero-order valence-corrected chi connectivity index (χ0v) is 9.92. The molecule has 2 heteroatoms. The molecule has 1 aromatic heterocycles. The molecule has 0 amide bonds. The van der Waals surface area contributed by atoms with Crippen molar-refractivity contribution in [2.45, 2.75) is 18.8 Å². The molecule has 0 bridgehead atoms. The van der Waals surface area contributed by atoms with Crippen molar-refractivity contribution in [2.24, 2.45) is 5.73 Å². The highest BCUT2D eigenvalue weighted by molar-refractivity contribution is 5.20. The van der Waals surface area contributed by atoms with Gasteiger partial charge in [0.1, 0.15) is 0 Å². The van der Waals surface area contributed by atoms with Crippen LogP contribution < -0.4 is 5.73 Å². The van der Waals surface area contributed by atoms with Gasteiger partial charge in [-0.1, -0.05) is 36.4 Å². The summed E-state index contributed by atoms with van der Waals surface area (Å²) < 4.78 is 0. The Morgan fingerprint density at radius 1 is 1.00 bits per heavy atom. The van der Waals surface area contributed by atoms with E-state index in [2.05, 4.69) is 35.3 Å². The Morgan fingerprint density at radius 3 is 2.41 bits per heavy atom. The minimum absolute atomic E-state index is 0.429. The van der Waals surface area contributed by atoms with E-state index in [4.69, 9.17) is 5.73 Å². The van der Waals surface area contributed by atoms with Crippen molar-refractivity contribution in [3.63, 3.8) is 0 Å². The second-order valence-corrected chi connectivity index (χ2v) is 4.20. The first-order chi connectivity index (χ1) is 8.40. The van der Waals surface area contributed by atoms with E-state index in [1.54, 1.807) is 0 Å². The summed E-state index contributed by atoms with van der Waals surface area (Å²) in [6, 6.07) is 16.5. The Bertz CT molecular complexity index is 425. The van der Waals surface area contributed by atoms with Crippen molar-refractivity contribution in [1.29, 1.82) is 0 Å². The summed E-state index contributed by atoms with van der Waals surface area (Å²) in [7, 11) is 0. The Labute approximate surface area is 103 Å². The molecule has 2 aromatic rings. The molecular formula is C15H18N2. The summed E-state index contributed by atoms with van der Waals surface area (Å²) >= 11 is 0. The van der Waals surface area contributed by atoms with Crippen LogP contribution in [0.25, 0.3) is 0 Å². The third kappa shape index (κ3) is 3.40. The molecule has 1 aromatic carbocycles. The molecule has 0 radical (unpaired) electrons. The molecule has 0 saturated heterocycles. The summed E-state index contributed by atoms with van der Waals surface area (Å²) in [5.74, 6) is 0.429. The molecule has 0 aliphatic rings. The van der Waals surface area contributed by atoms with Crippen LogP contribution in [0.2, 0.25) is 0 Å². The fraction of sp³-hybridized carbons (Fsp3) is 0.267. The van der Waals surface area contributed by atoms with Crippen LogP contribution in [0.3, 0.4) is 0 Å². The fourth-order valence-corrected chi connectivity index (χ4v) is 2.01. The van der Waals surface area contributed by atoms with E-state index in [9.17, 15) is 0 Å². The zero-order valence-electron chi connectivity index (χ0n) is 9.92. The largest absolute Gasteiger partial charge is 0.330 e. The summed E-state index contributed by atoms with van der Waals surface area (Å²) in [4.78, 5) is 4.34. The summed E-state index contributed by atoms with van der Waals surface area (Å²) in [5.41, 5.74) is 8.31. The van der Waals surface area contributed by atoms with Crippen LogP contribution in [0.5, 0.6) is 0 Å². The highest BCUT2D eigenvalue weighted by Gasteiger charge is 2.09. The van der Waals surface area contributed by atoms with Gasteiger partial charge in [0.25, 0.3) is 0 Å². The smallest absolute Gasteiger partial charge is 0.0403 e. The predicted molar refractivity (Wildman–Crippen MR) is 70.8 cm³/mol. The standard InChI is InChI=1S/C15H18N2/c16-12-14(13-6-2-1-3-7-13)9-10-15-8-4-5-11-17-15/h1-8,11,14H,9-10,12,16H2. The molecule has 2 N–H and O–H groups in total. The molecule has 2 rings (SSSR count). The highest BCUT2D eigenvalue weighted by atomic mass is 14.7. The minimum atomic E-state index is 0.429. The van der Waals surface area contributed by atoms with Gasteiger partial charge in [-0.25, -0.2) is 0 Å². The summed E-state index contributed by atoms with van der Waals surface area (Å²) in [5, 5.41) is 0. The molecule has 0 saturated carbocycles. The van der Waals surface area contributed by atoms with Crippen LogP contribution in [0.1, 0.15) is 23.6 Å². The third-order valence-corrected chi connectivity index (χ3v) is 3.03. The lowest BCUT2D eigenvalue weighted by atomic mass is 9.93. The van der Waals surface area contributed by atoms with E-state index >= 15 is 0 Å². The first-order valence-electron chi connectivity index (χ1n) is 6.05. The monoisotopic (exact) mass is 226 g/mol. The van der Waals surface area contributed by atoms with E-state index < -0.39 is 0 Å². The van der Waals surface area contributed by atoms with Crippen LogP contribution in [0.15, 0.2) is 54.7 Å². The van der Waals surface area contributed by atoms with Gasteiger partial charge in [-0.2, -0.15) is 0 Å². The summed E-state index contributed by atoms with van der Waals surface area (Å²) in [6.07, 6.45) is 3.88. The minimum Gasteiger partial charge on any atom is -0.330 e. The molecule has 0 spiro atoms. The van der Waals surface area contributed by atoms with Crippen molar-refractivity contribution in [2.75, 3.05) is 6.54 Å². The van der Waals surface area contributed by atoms with Gasteiger partial charge < -0.3 is 5.73 Å². The van der Waals surface area contributed by atoms with Gasteiger partial charge in [-0.3, -0.25) is 4.98 Å². The van der Waals surface area contributed by atoms with Gasteiger partial charge in [0.05, 0.1) is 0 Å². The number of nitrogens with two attached hydrogens (primary N) is 1. The lowest BCUT2D eigenvalue weighted by Gasteiger charge is -2.14. The van der Waals surface area contributed by atoms with Crippen LogP contribution >= 0.6 is 0 Å². The Kier molecular flexibility index (Phi) is 4.28. The van der Waals surface area contributed by atoms with Crippen molar-refractivity contribution < 1.29 is 0 Å². The van der Waals surface area contributed by atoms with Gasteiger partial charge in [-0.05, 0) is 43.0 Å². The molecule has 0 aliphatic heterocycles. The number of hydrogen-bond acceptors (Lipinski definition) is 2. The highest BCUT2D eigenvalue weighted by Crippen LogP contribution is 2.19. The van der Waals surface area contributed by atoms with Gasteiger partial charge in [-0.15, -0.1) is 0 Å². The third-order valence-electron chi connectivity index (χ3n) is 3.03. The molecule has 1 unspecified atom stereocenters. The van der Waals surface area contributed by atoms with E-state index in [0.29, 0.717) is 12.5 Å². The maximum absolute atomic E-state index is 5.85. The number of rotatable bonds is 5. The SMILES string of the molecule is NCC(CCc1ccccn1)c1ccccc1. The van der Waals surface area contributed by atoms with Crippen LogP contribution in [0.4, 0.5) is 0 Å². The quantitative estimate of drug-likeness (QED) is 0.851. The average molecular weight is 226 g/mol. The lowest BCUT2D eigenvalue weighted by molar-refractivity contribution is 0.627. The van der Waals surface area contributed by atoms with Crippen molar-refractivity contribution in [1.82, 2.24) is 4.98 Å². The normalized spacial score (nSPS) is 12.3. The number of aromatic nitrogens is 1. The van der Waals surface area contributed by atoms with Gasteiger partial charge in [0, 0.05) is 11.9 Å². The number of nitrogens with zero attached hydrogens (tertiary/aromatic N) is 1. The molecule has 17 heavy (non-hydrogen) atoms. The number of aryl methyl sites for hydroxylation is 1. The average Bonchev–Trinajstić information content (AvgIpc) is 2.42. The molecular weight excluding hydrogens is 208 g/mol. The molecule has 1 heterocycles. The van der Waals surface area contributed by atoms with Crippen LogP contribution in [0, 0.1) is 0 Å². The van der Waals surface area contributed by atoms with Crippen molar-refractivity contribution in [3.05, 3.63) is 66.0 Å². The maximum atomic E-state index is 5.85. The molecule has 1 atom stereocenters. The van der Waals surface area contributed by atoms with E-state index in [0.717, 1.165) is 18.5 Å². The van der Waals surface area contributed by atoms with E-state index in [1.807, 2.05) is 24.4 Å². The van der Waals surface area contributed by atoms with E-state index in [-0.39, 0.29) is 0 Å². The Morgan fingerprint density at radius 2 is 1.76 bits per heavy atom. The van der Waals surface area contributed by atoms with Crippen LogP contribution in [-0.2, 0) is 6.42 Å². The lowest BCUT2D eigenvalue weighted by Crippen LogP contribution is -2.13. The van der Waals surface area contributed by atoms with Crippen molar-refractivity contribution in [3.8, 4) is 0 Å². The Balaban J connectivity index is 1.97. The molecule has 2 nitrogen and oxygen atoms in total. The maximum Gasteiger partial charge on any atom is 0.0403 e. The molecule has 88 valence electrons. The van der Waals surface area contributed by atoms with Crippen LogP contribution in [-0.4, -0.2) is 11.5 Å². The van der Waals surface area contributed by atoms with Gasteiger partial charge >= 0.3 is 0 Å². The second kappa shape index (κ2) is 6.16.